The Morgan fingerprint density at radius 3 is 2.49 bits per heavy atom. The van der Waals surface area contributed by atoms with Crippen LogP contribution in [-0.4, -0.2) is 77.1 Å². The molecule has 0 aliphatic carbocycles. The summed E-state index contributed by atoms with van der Waals surface area (Å²) < 4.78 is 12.4. The summed E-state index contributed by atoms with van der Waals surface area (Å²) in [5, 5.41) is 20.4. The van der Waals surface area contributed by atoms with Crippen molar-refractivity contribution in [1.29, 1.82) is 0 Å². The first kappa shape index (κ1) is 32.3. The molecule has 11 heteroatoms. The Morgan fingerprint density at radius 2 is 1.78 bits per heavy atom. The number of hydrogen-bond acceptors (Lipinski definition) is 8. The lowest BCUT2D eigenvalue weighted by atomic mass is 9.96. The molecular weight excluding hydrogens is 616 g/mol. The van der Waals surface area contributed by atoms with Crippen LogP contribution >= 0.6 is 23.7 Å². The van der Waals surface area contributed by atoms with E-state index >= 15 is 0 Å². The first-order chi connectivity index (χ1) is 21.3. The summed E-state index contributed by atoms with van der Waals surface area (Å²) >= 11 is 1.43. The number of phenols is 1. The number of likely N-dealkylation sites (tertiary alicyclic amines) is 2. The second kappa shape index (κ2) is 13.9. The maximum atomic E-state index is 14.2. The van der Waals surface area contributed by atoms with Gasteiger partial charge in [-0.15, -0.1) is 23.7 Å². The first-order valence-electron chi connectivity index (χ1n) is 14.8. The maximum Gasteiger partial charge on any atom is 0.326 e. The summed E-state index contributed by atoms with van der Waals surface area (Å²) in [4.78, 5) is 42.8. The lowest BCUT2D eigenvalue weighted by Crippen LogP contribution is -2.38. The number of ether oxygens (including phenoxy) is 2. The van der Waals surface area contributed by atoms with Crippen molar-refractivity contribution in [2.45, 2.75) is 38.3 Å². The van der Waals surface area contributed by atoms with E-state index in [1.165, 1.54) is 36.2 Å². The fourth-order valence-electron chi connectivity index (χ4n) is 6.05. The molecule has 0 spiro atoms. The highest BCUT2D eigenvalue weighted by molar-refractivity contribution is 7.22. The predicted octanol–water partition coefficient (Wildman–Crippen LogP) is 5.99. The molecule has 6 rings (SSSR count). The van der Waals surface area contributed by atoms with Gasteiger partial charge in [0.25, 0.3) is 0 Å². The standard InChI is InChI=1S/C34H34N2O7S.ClH/c1-42-28-18-22(4-5-23(28)20-36-27(34(40)41)12-13-30(36)38)32(39)31-26-11-8-24(37)19-29(26)44-33(31)21-6-9-25(10-7-21)43-17-16-35-14-2-3-15-35;/h4-11,18-19,27,37H,2-3,12-17,20H2,1H3,(H,40,41);1H. The Bertz CT molecular complexity index is 1720. The van der Waals surface area contributed by atoms with Crippen molar-refractivity contribution in [1.82, 2.24) is 9.80 Å². The van der Waals surface area contributed by atoms with E-state index in [0.29, 0.717) is 29.0 Å². The van der Waals surface area contributed by atoms with Crippen LogP contribution in [0.25, 0.3) is 20.5 Å². The van der Waals surface area contributed by atoms with Crippen molar-refractivity contribution < 1.29 is 34.1 Å². The smallest absolute Gasteiger partial charge is 0.326 e. The number of methoxy groups -OCH3 is 1. The number of aliphatic carboxylic acids is 1. The van der Waals surface area contributed by atoms with Crippen molar-refractivity contribution in [2.24, 2.45) is 0 Å². The van der Waals surface area contributed by atoms with E-state index in [1.54, 1.807) is 36.4 Å². The SMILES string of the molecule is COc1cc(C(=O)c2c(-c3ccc(OCCN4CCCC4)cc3)sc3cc(O)ccc23)ccc1CN1C(=O)CCC1C(=O)O.Cl. The van der Waals surface area contributed by atoms with Crippen LogP contribution in [0.15, 0.2) is 60.7 Å². The Kier molecular flexibility index (Phi) is 9.96. The van der Waals surface area contributed by atoms with Crippen LogP contribution in [0.3, 0.4) is 0 Å². The predicted molar refractivity (Wildman–Crippen MR) is 175 cm³/mol. The van der Waals surface area contributed by atoms with Crippen LogP contribution in [0.5, 0.6) is 17.2 Å². The third kappa shape index (κ3) is 6.78. The second-order valence-corrected chi connectivity index (χ2v) is 12.2. The summed E-state index contributed by atoms with van der Waals surface area (Å²) in [6.07, 6.45) is 2.94. The summed E-state index contributed by atoms with van der Waals surface area (Å²) in [6, 6.07) is 16.9. The number of nitrogens with zero attached hydrogens (tertiary/aromatic N) is 2. The minimum atomic E-state index is -1.04. The number of carbonyl (C=O) groups excluding carboxylic acids is 2. The third-order valence-electron chi connectivity index (χ3n) is 8.40. The quantitative estimate of drug-likeness (QED) is 0.190. The van der Waals surface area contributed by atoms with Crippen LogP contribution in [0.1, 0.15) is 47.2 Å². The lowest BCUT2D eigenvalue weighted by Gasteiger charge is -2.23. The molecule has 1 atom stereocenters. The van der Waals surface area contributed by atoms with Crippen LogP contribution in [0.4, 0.5) is 0 Å². The van der Waals surface area contributed by atoms with Gasteiger partial charge in [-0.25, -0.2) is 4.79 Å². The monoisotopic (exact) mass is 650 g/mol. The molecule has 2 fully saturated rings. The largest absolute Gasteiger partial charge is 0.508 e. The number of hydrogen-bond donors (Lipinski definition) is 2. The number of phenolic OH excluding ortho intramolecular Hbond substituents is 1. The fourth-order valence-corrected chi connectivity index (χ4v) is 7.29. The molecule has 236 valence electrons. The molecule has 0 radical (unpaired) electrons. The molecule has 3 aromatic carbocycles. The van der Waals surface area contributed by atoms with Gasteiger partial charge >= 0.3 is 5.97 Å². The maximum absolute atomic E-state index is 14.2. The molecule has 1 unspecified atom stereocenters. The van der Waals surface area contributed by atoms with Crippen molar-refractivity contribution in [3.63, 3.8) is 0 Å². The number of carbonyl (C=O) groups is 3. The Labute approximate surface area is 271 Å². The number of amides is 1. The van der Waals surface area contributed by atoms with Crippen LogP contribution in [0.2, 0.25) is 0 Å². The highest BCUT2D eigenvalue weighted by Gasteiger charge is 2.36. The van der Waals surface area contributed by atoms with Gasteiger partial charge in [0.2, 0.25) is 5.91 Å². The third-order valence-corrected chi connectivity index (χ3v) is 9.60. The Morgan fingerprint density at radius 1 is 1.02 bits per heavy atom. The molecular formula is C34H35ClN2O7S. The number of aromatic hydroxyl groups is 1. The fraction of sp³-hybridized carbons (Fsp3) is 0.324. The zero-order valence-electron chi connectivity index (χ0n) is 24.9. The average molecular weight is 651 g/mol. The van der Waals surface area contributed by atoms with Crippen molar-refractivity contribution in [3.05, 3.63) is 77.4 Å². The highest BCUT2D eigenvalue weighted by atomic mass is 35.5. The second-order valence-electron chi connectivity index (χ2n) is 11.2. The molecule has 2 aliphatic rings. The van der Waals surface area contributed by atoms with E-state index in [4.69, 9.17) is 9.47 Å². The van der Waals surface area contributed by atoms with Gasteiger partial charge in [-0.1, -0.05) is 12.1 Å². The van der Waals surface area contributed by atoms with Crippen molar-refractivity contribution in [3.8, 4) is 27.7 Å². The molecule has 9 nitrogen and oxygen atoms in total. The van der Waals surface area contributed by atoms with E-state index in [1.807, 2.05) is 24.3 Å². The van der Waals surface area contributed by atoms with Gasteiger partial charge in [-0.3, -0.25) is 14.5 Å². The molecule has 0 bridgehead atoms. The topological polar surface area (TPSA) is 117 Å². The van der Waals surface area contributed by atoms with Crippen LogP contribution in [0, 0.1) is 0 Å². The Hall–Kier alpha value is -4.12. The van der Waals surface area contributed by atoms with Gasteiger partial charge in [-0.2, -0.15) is 0 Å². The number of carboxylic acids is 1. The van der Waals surface area contributed by atoms with Gasteiger partial charge in [0.1, 0.15) is 29.9 Å². The highest BCUT2D eigenvalue weighted by Crippen LogP contribution is 2.42. The zero-order chi connectivity index (χ0) is 30.8. The number of carboxylic acid groups (broad SMARTS) is 1. The molecule has 1 aromatic heterocycles. The molecule has 0 saturated carbocycles. The van der Waals surface area contributed by atoms with Crippen molar-refractivity contribution in [2.75, 3.05) is 33.4 Å². The first-order valence-corrected chi connectivity index (χ1v) is 15.6. The number of thiophene rings is 1. The number of halogens is 1. The van der Waals surface area contributed by atoms with E-state index in [9.17, 15) is 24.6 Å². The zero-order valence-corrected chi connectivity index (χ0v) is 26.5. The Balaban J connectivity index is 0.00000400. The van der Waals surface area contributed by atoms with E-state index in [-0.39, 0.29) is 49.2 Å². The molecule has 2 aliphatic heterocycles. The van der Waals surface area contributed by atoms with Crippen LogP contribution in [-0.2, 0) is 16.1 Å². The summed E-state index contributed by atoms with van der Waals surface area (Å²) in [7, 11) is 1.48. The summed E-state index contributed by atoms with van der Waals surface area (Å²) in [5.41, 5.74) is 2.38. The molecule has 45 heavy (non-hydrogen) atoms. The molecule has 2 saturated heterocycles. The lowest BCUT2D eigenvalue weighted by molar-refractivity contribution is -0.146. The van der Waals surface area contributed by atoms with Gasteiger partial charge in [0.15, 0.2) is 5.78 Å². The van der Waals surface area contributed by atoms with Gasteiger partial charge in [0, 0.05) is 44.6 Å². The van der Waals surface area contributed by atoms with Gasteiger partial charge in [0.05, 0.1) is 13.7 Å². The average Bonchev–Trinajstić information content (AvgIpc) is 3.76. The molecule has 4 aromatic rings. The van der Waals surface area contributed by atoms with E-state index in [0.717, 1.165) is 45.9 Å². The van der Waals surface area contributed by atoms with E-state index < -0.39 is 12.0 Å². The molecule has 3 heterocycles. The minimum Gasteiger partial charge on any atom is -0.508 e. The molecule has 1 amide bonds. The normalized spacial score (nSPS) is 16.6. The number of ketones is 1. The van der Waals surface area contributed by atoms with Crippen LogP contribution < -0.4 is 9.47 Å². The summed E-state index contributed by atoms with van der Waals surface area (Å²) in [6.45, 7) is 3.84. The summed E-state index contributed by atoms with van der Waals surface area (Å²) in [5.74, 6) is -0.191. The minimum absolute atomic E-state index is 0. The van der Waals surface area contributed by atoms with Gasteiger partial charge in [-0.05, 0) is 86.4 Å². The number of benzene rings is 3. The number of rotatable bonds is 11. The molecule has 2 N–H and O–H groups in total. The van der Waals surface area contributed by atoms with Gasteiger partial charge < -0.3 is 24.6 Å². The van der Waals surface area contributed by atoms with Crippen molar-refractivity contribution >= 4 is 51.5 Å². The van der Waals surface area contributed by atoms with E-state index in [2.05, 4.69) is 4.90 Å². The number of fused-ring (bicyclic) bond motifs is 1.